The van der Waals surface area contributed by atoms with Gasteiger partial charge in [-0.2, -0.15) is 5.10 Å². The van der Waals surface area contributed by atoms with Gasteiger partial charge < -0.3 is 4.90 Å². The van der Waals surface area contributed by atoms with E-state index in [0.29, 0.717) is 11.8 Å². The van der Waals surface area contributed by atoms with E-state index in [1.165, 1.54) is 5.56 Å². The highest BCUT2D eigenvalue weighted by atomic mass is 16.2. The van der Waals surface area contributed by atoms with E-state index in [1.807, 2.05) is 15.6 Å². The number of likely N-dealkylation sites (tertiary alicyclic amines) is 1. The minimum atomic E-state index is 0.178. The van der Waals surface area contributed by atoms with Gasteiger partial charge in [0.25, 0.3) is 0 Å². The Morgan fingerprint density at radius 3 is 2.86 bits per heavy atom. The second-order valence-electron chi connectivity index (χ2n) is 6.32. The molecule has 0 bridgehead atoms. The van der Waals surface area contributed by atoms with Crippen LogP contribution in [-0.4, -0.2) is 38.7 Å². The Balaban J connectivity index is 1.41. The molecule has 0 unspecified atom stereocenters. The summed E-state index contributed by atoms with van der Waals surface area (Å²) < 4.78 is 1.89. The van der Waals surface area contributed by atoms with Crippen molar-refractivity contribution < 1.29 is 4.79 Å². The van der Waals surface area contributed by atoms with Gasteiger partial charge in [-0.3, -0.25) is 4.79 Å². The Bertz CT molecular complexity index is 640. The van der Waals surface area contributed by atoms with Crippen LogP contribution in [0.4, 0.5) is 0 Å². The van der Waals surface area contributed by atoms with E-state index in [1.54, 1.807) is 12.7 Å². The van der Waals surface area contributed by atoms with Gasteiger partial charge in [-0.1, -0.05) is 30.3 Å². The summed E-state index contributed by atoms with van der Waals surface area (Å²) in [6.45, 7) is 1.64. The molecule has 0 N–H and O–H groups in total. The minimum absolute atomic E-state index is 0.178. The Morgan fingerprint density at radius 1 is 1.23 bits per heavy atom. The van der Waals surface area contributed by atoms with Crippen molar-refractivity contribution in [2.45, 2.75) is 31.2 Å². The minimum Gasteiger partial charge on any atom is -0.340 e. The van der Waals surface area contributed by atoms with Gasteiger partial charge in [-0.15, -0.1) is 0 Å². The molecule has 1 aromatic carbocycles. The molecule has 3 atom stereocenters. The molecular weight excluding hydrogens is 276 g/mol. The van der Waals surface area contributed by atoms with Crippen LogP contribution >= 0.6 is 0 Å². The van der Waals surface area contributed by atoms with Gasteiger partial charge in [-0.05, 0) is 30.7 Å². The molecule has 1 saturated heterocycles. The van der Waals surface area contributed by atoms with Crippen molar-refractivity contribution in [1.29, 1.82) is 0 Å². The van der Waals surface area contributed by atoms with Crippen molar-refractivity contribution in [1.82, 2.24) is 19.7 Å². The number of benzene rings is 1. The molecule has 2 fully saturated rings. The number of amides is 1. The van der Waals surface area contributed by atoms with Gasteiger partial charge in [0.1, 0.15) is 12.7 Å². The van der Waals surface area contributed by atoms with E-state index >= 15 is 0 Å². The van der Waals surface area contributed by atoms with E-state index in [2.05, 4.69) is 34.3 Å². The van der Waals surface area contributed by atoms with Crippen LogP contribution in [0.2, 0.25) is 0 Å². The Hall–Kier alpha value is -2.17. The largest absolute Gasteiger partial charge is 0.340 e. The lowest BCUT2D eigenvalue weighted by atomic mass is 10.0. The van der Waals surface area contributed by atoms with Crippen LogP contribution in [0.5, 0.6) is 0 Å². The highest BCUT2D eigenvalue weighted by Gasteiger charge is 2.46. The molecular formula is C17H20N4O. The predicted molar refractivity (Wildman–Crippen MR) is 82.2 cm³/mol. The number of hydrogen-bond acceptors (Lipinski definition) is 3. The van der Waals surface area contributed by atoms with E-state index in [4.69, 9.17) is 0 Å². The summed E-state index contributed by atoms with van der Waals surface area (Å²) in [5, 5.41) is 4.22. The maximum absolute atomic E-state index is 12.7. The zero-order chi connectivity index (χ0) is 14.9. The first-order chi connectivity index (χ1) is 10.8. The van der Waals surface area contributed by atoms with Crippen molar-refractivity contribution in [3.8, 4) is 0 Å². The third kappa shape index (κ3) is 2.51. The Labute approximate surface area is 130 Å². The molecule has 2 aliphatic rings. The van der Waals surface area contributed by atoms with E-state index in [9.17, 15) is 4.79 Å². The lowest BCUT2D eigenvalue weighted by Gasteiger charge is -2.32. The first-order valence-corrected chi connectivity index (χ1v) is 8.01. The molecule has 22 heavy (non-hydrogen) atoms. The summed E-state index contributed by atoms with van der Waals surface area (Å²) >= 11 is 0. The normalized spacial score (nSPS) is 27.6. The molecule has 0 radical (unpaired) electrons. The topological polar surface area (TPSA) is 51.0 Å². The third-order valence-electron chi connectivity index (χ3n) is 4.85. The van der Waals surface area contributed by atoms with Gasteiger partial charge in [-0.25, -0.2) is 9.67 Å². The molecule has 5 heteroatoms. The zero-order valence-electron chi connectivity index (χ0n) is 12.5. The fourth-order valence-corrected chi connectivity index (χ4v) is 3.55. The Kier molecular flexibility index (Phi) is 3.41. The zero-order valence-corrected chi connectivity index (χ0v) is 12.5. The van der Waals surface area contributed by atoms with Crippen LogP contribution in [0.25, 0.3) is 0 Å². The van der Waals surface area contributed by atoms with Crippen LogP contribution < -0.4 is 0 Å². The predicted octanol–water partition coefficient (Wildman–Crippen LogP) is 2.25. The number of aromatic nitrogens is 3. The summed E-state index contributed by atoms with van der Waals surface area (Å²) in [5.74, 6) is 0.913. The fraction of sp³-hybridized carbons (Fsp3) is 0.471. The first-order valence-electron chi connectivity index (χ1n) is 8.01. The maximum atomic E-state index is 12.7. The fourth-order valence-electron chi connectivity index (χ4n) is 3.55. The number of rotatable bonds is 3. The second-order valence-corrected chi connectivity index (χ2v) is 6.32. The molecule has 1 aliphatic heterocycles. The van der Waals surface area contributed by atoms with Crippen LogP contribution in [-0.2, 0) is 4.79 Å². The van der Waals surface area contributed by atoms with Crippen molar-refractivity contribution in [2.24, 2.45) is 5.92 Å². The number of nitrogens with zero attached hydrogens (tertiary/aromatic N) is 4. The summed E-state index contributed by atoms with van der Waals surface area (Å²) in [6, 6.07) is 10.7. The quantitative estimate of drug-likeness (QED) is 0.873. The van der Waals surface area contributed by atoms with Crippen LogP contribution in [0.1, 0.15) is 36.8 Å². The van der Waals surface area contributed by atoms with Gasteiger partial charge in [0.2, 0.25) is 5.91 Å². The summed E-state index contributed by atoms with van der Waals surface area (Å²) in [6.07, 6.45) is 6.42. The molecule has 2 heterocycles. The third-order valence-corrected chi connectivity index (χ3v) is 4.85. The van der Waals surface area contributed by atoms with E-state index in [0.717, 1.165) is 32.4 Å². The smallest absolute Gasteiger partial charge is 0.226 e. The summed E-state index contributed by atoms with van der Waals surface area (Å²) in [4.78, 5) is 18.8. The van der Waals surface area contributed by atoms with Crippen LogP contribution in [0.3, 0.4) is 0 Å². The molecule has 1 aromatic heterocycles. The van der Waals surface area contributed by atoms with Crippen molar-refractivity contribution >= 4 is 5.91 Å². The SMILES string of the molecule is O=C([C@@H]1C[C@@H]1c1ccccc1)N1CCC[C@H](n2cncn2)C1. The Morgan fingerprint density at radius 2 is 2.09 bits per heavy atom. The molecule has 1 saturated carbocycles. The van der Waals surface area contributed by atoms with Crippen LogP contribution in [0, 0.1) is 5.92 Å². The number of carbonyl (C=O) groups excluding carboxylic acids is 1. The van der Waals surface area contributed by atoms with E-state index < -0.39 is 0 Å². The van der Waals surface area contributed by atoms with Crippen molar-refractivity contribution in [2.75, 3.05) is 13.1 Å². The molecule has 114 valence electrons. The van der Waals surface area contributed by atoms with Crippen molar-refractivity contribution in [3.63, 3.8) is 0 Å². The van der Waals surface area contributed by atoms with Crippen molar-refractivity contribution in [3.05, 3.63) is 48.5 Å². The van der Waals surface area contributed by atoms with Gasteiger partial charge in [0.05, 0.1) is 6.04 Å². The second kappa shape index (κ2) is 5.55. The molecule has 1 amide bonds. The van der Waals surface area contributed by atoms with Crippen LogP contribution in [0.15, 0.2) is 43.0 Å². The van der Waals surface area contributed by atoms with Gasteiger partial charge in [0, 0.05) is 19.0 Å². The monoisotopic (exact) mass is 296 g/mol. The molecule has 4 rings (SSSR count). The number of hydrogen-bond donors (Lipinski definition) is 0. The number of carbonyl (C=O) groups is 1. The molecule has 5 nitrogen and oxygen atoms in total. The summed E-state index contributed by atoms with van der Waals surface area (Å²) in [7, 11) is 0. The highest BCUT2D eigenvalue weighted by molar-refractivity contribution is 5.83. The first kappa shape index (κ1) is 13.5. The van der Waals surface area contributed by atoms with E-state index in [-0.39, 0.29) is 12.0 Å². The lowest BCUT2D eigenvalue weighted by molar-refractivity contribution is -0.134. The lowest BCUT2D eigenvalue weighted by Crippen LogP contribution is -2.41. The number of piperidine rings is 1. The average Bonchev–Trinajstić information content (AvgIpc) is 3.19. The maximum Gasteiger partial charge on any atom is 0.226 e. The van der Waals surface area contributed by atoms with Gasteiger partial charge in [0.15, 0.2) is 0 Å². The molecule has 2 aromatic rings. The highest BCUT2D eigenvalue weighted by Crippen LogP contribution is 2.48. The standard InChI is InChI=1S/C17H20N4O/c22-17(16-9-15(16)13-5-2-1-3-6-13)20-8-4-7-14(10-20)21-12-18-11-19-21/h1-3,5-6,11-12,14-16H,4,7-10H2/t14-,15+,16+/m0/s1. The average molecular weight is 296 g/mol. The molecule has 1 aliphatic carbocycles. The van der Waals surface area contributed by atoms with Gasteiger partial charge >= 0.3 is 0 Å². The summed E-state index contributed by atoms with van der Waals surface area (Å²) in [5.41, 5.74) is 1.30. The molecule has 0 spiro atoms.